The normalized spacial score (nSPS) is 30.9. The Morgan fingerprint density at radius 1 is 1.39 bits per heavy atom. The summed E-state index contributed by atoms with van der Waals surface area (Å²) >= 11 is 0. The number of nitrogens with one attached hydrogen (secondary N) is 1. The molecule has 0 aromatic carbocycles. The molecule has 2 fully saturated rings. The molecule has 3 rings (SSSR count). The van der Waals surface area contributed by atoms with Gasteiger partial charge in [0.25, 0.3) is 0 Å². The molecule has 0 aliphatic carbocycles. The summed E-state index contributed by atoms with van der Waals surface area (Å²) < 4.78 is 5.28. The molecular formula is C14H23N3O. The van der Waals surface area contributed by atoms with Gasteiger partial charge in [-0.2, -0.15) is 0 Å². The number of aromatic nitrogens is 1. The lowest BCUT2D eigenvalue weighted by Gasteiger charge is -2.35. The molecular weight excluding hydrogens is 226 g/mol. The molecule has 4 nitrogen and oxygen atoms in total. The molecule has 1 N–H and O–H groups in total. The van der Waals surface area contributed by atoms with Crippen LogP contribution >= 0.6 is 0 Å². The first-order valence-corrected chi connectivity index (χ1v) is 6.87. The minimum Gasteiger partial charge on any atom is -0.361 e. The molecule has 1 aromatic rings. The highest BCUT2D eigenvalue weighted by Crippen LogP contribution is 2.41. The van der Waals surface area contributed by atoms with Crippen molar-refractivity contribution in [2.45, 2.75) is 39.8 Å². The minimum absolute atomic E-state index is 0.268. The van der Waals surface area contributed by atoms with Crippen molar-refractivity contribution in [1.82, 2.24) is 15.4 Å². The van der Waals surface area contributed by atoms with E-state index in [9.17, 15) is 0 Å². The summed E-state index contributed by atoms with van der Waals surface area (Å²) in [6.45, 7) is 13.3. The van der Waals surface area contributed by atoms with E-state index in [0.29, 0.717) is 0 Å². The Morgan fingerprint density at radius 3 is 2.78 bits per heavy atom. The van der Waals surface area contributed by atoms with Gasteiger partial charge in [-0.25, -0.2) is 0 Å². The van der Waals surface area contributed by atoms with Crippen molar-refractivity contribution in [3.8, 4) is 0 Å². The van der Waals surface area contributed by atoms with Gasteiger partial charge in [0.2, 0.25) is 0 Å². The highest BCUT2D eigenvalue weighted by atomic mass is 16.5. The number of rotatable bonds is 2. The lowest BCUT2D eigenvalue weighted by molar-refractivity contribution is 0.131. The van der Waals surface area contributed by atoms with Gasteiger partial charge in [0.05, 0.1) is 5.69 Å². The SMILES string of the molecule is Cc1noc(C)c1CN1CC2CNCC2C1(C)C. The number of aryl methyl sites for hydroxylation is 2. The van der Waals surface area contributed by atoms with E-state index >= 15 is 0 Å². The topological polar surface area (TPSA) is 41.3 Å². The van der Waals surface area contributed by atoms with E-state index in [1.54, 1.807) is 0 Å². The molecule has 18 heavy (non-hydrogen) atoms. The molecule has 0 bridgehead atoms. The van der Waals surface area contributed by atoms with Crippen LogP contribution in [0.5, 0.6) is 0 Å². The van der Waals surface area contributed by atoms with Gasteiger partial charge >= 0.3 is 0 Å². The van der Waals surface area contributed by atoms with Crippen LogP contribution in [-0.4, -0.2) is 35.2 Å². The summed E-state index contributed by atoms with van der Waals surface area (Å²) in [6.07, 6.45) is 0. The zero-order chi connectivity index (χ0) is 12.9. The monoisotopic (exact) mass is 249 g/mol. The van der Waals surface area contributed by atoms with Gasteiger partial charge in [0.15, 0.2) is 0 Å². The van der Waals surface area contributed by atoms with Gasteiger partial charge in [-0.3, -0.25) is 4.90 Å². The Hall–Kier alpha value is -0.870. The van der Waals surface area contributed by atoms with Gasteiger partial charge < -0.3 is 9.84 Å². The van der Waals surface area contributed by atoms with E-state index in [1.807, 2.05) is 13.8 Å². The third-order valence-corrected chi connectivity index (χ3v) is 5.05. The fourth-order valence-electron chi connectivity index (χ4n) is 3.69. The summed E-state index contributed by atoms with van der Waals surface area (Å²) in [6, 6.07) is 0. The molecule has 0 radical (unpaired) electrons. The molecule has 2 atom stereocenters. The summed E-state index contributed by atoms with van der Waals surface area (Å²) in [5, 5.41) is 7.59. The second-order valence-corrected chi connectivity index (χ2v) is 6.36. The summed E-state index contributed by atoms with van der Waals surface area (Å²) in [5.74, 6) is 2.55. The van der Waals surface area contributed by atoms with Gasteiger partial charge in [0.1, 0.15) is 5.76 Å². The zero-order valence-electron chi connectivity index (χ0n) is 11.8. The molecule has 0 spiro atoms. The Kier molecular flexibility index (Phi) is 2.75. The van der Waals surface area contributed by atoms with Crippen molar-refractivity contribution >= 4 is 0 Å². The van der Waals surface area contributed by atoms with Gasteiger partial charge in [-0.1, -0.05) is 5.16 Å². The van der Waals surface area contributed by atoms with E-state index in [0.717, 1.165) is 36.4 Å². The van der Waals surface area contributed by atoms with Crippen LogP contribution in [-0.2, 0) is 6.54 Å². The molecule has 3 heterocycles. The largest absolute Gasteiger partial charge is 0.361 e. The molecule has 0 saturated carbocycles. The molecule has 2 aliphatic heterocycles. The van der Waals surface area contributed by atoms with Crippen molar-refractivity contribution < 1.29 is 4.52 Å². The van der Waals surface area contributed by atoms with Crippen molar-refractivity contribution in [2.75, 3.05) is 19.6 Å². The molecule has 100 valence electrons. The fourth-order valence-corrected chi connectivity index (χ4v) is 3.69. The van der Waals surface area contributed by atoms with Crippen molar-refractivity contribution in [3.63, 3.8) is 0 Å². The fraction of sp³-hybridized carbons (Fsp3) is 0.786. The first-order chi connectivity index (χ1) is 8.50. The van der Waals surface area contributed by atoms with E-state index in [1.165, 1.54) is 18.7 Å². The van der Waals surface area contributed by atoms with E-state index in [4.69, 9.17) is 4.52 Å². The van der Waals surface area contributed by atoms with Crippen LogP contribution in [0.15, 0.2) is 4.52 Å². The summed E-state index contributed by atoms with van der Waals surface area (Å²) in [4.78, 5) is 2.61. The van der Waals surface area contributed by atoms with Crippen LogP contribution in [0.4, 0.5) is 0 Å². The molecule has 0 amide bonds. The summed E-state index contributed by atoms with van der Waals surface area (Å²) in [7, 11) is 0. The van der Waals surface area contributed by atoms with Crippen LogP contribution in [0.3, 0.4) is 0 Å². The highest BCUT2D eigenvalue weighted by molar-refractivity contribution is 5.22. The summed E-state index contributed by atoms with van der Waals surface area (Å²) in [5.41, 5.74) is 2.58. The maximum absolute atomic E-state index is 5.28. The van der Waals surface area contributed by atoms with E-state index in [-0.39, 0.29) is 5.54 Å². The third kappa shape index (κ3) is 1.70. The van der Waals surface area contributed by atoms with Crippen LogP contribution in [0.2, 0.25) is 0 Å². The lowest BCUT2D eigenvalue weighted by atomic mass is 9.85. The first kappa shape index (κ1) is 12.2. The van der Waals surface area contributed by atoms with Gasteiger partial charge in [-0.15, -0.1) is 0 Å². The second kappa shape index (κ2) is 4.07. The molecule has 4 heteroatoms. The Balaban J connectivity index is 1.82. The quantitative estimate of drug-likeness (QED) is 0.866. The predicted octanol–water partition coefficient (Wildman–Crippen LogP) is 1.72. The Bertz CT molecular complexity index is 432. The number of likely N-dealkylation sites (tertiary alicyclic amines) is 1. The Morgan fingerprint density at radius 2 is 2.17 bits per heavy atom. The van der Waals surface area contributed by atoms with Crippen molar-refractivity contribution in [1.29, 1.82) is 0 Å². The number of fused-ring (bicyclic) bond motifs is 1. The van der Waals surface area contributed by atoms with E-state index < -0.39 is 0 Å². The van der Waals surface area contributed by atoms with Crippen LogP contribution < -0.4 is 5.32 Å². The lowest BCUT2D eigenvalue weighted by Crippen LogP contribution is -2.44. The maximum Gasteiger partial charge on any atom is 0.138 e. The minimum atomic E-state index is 0.268. The zero-order valence-corrected chi connectivity index (χ0v) is 11.8. The maximum atomic E-state index is 5.28. The van der Waals surface area contributed by atoms with Crippen LogP contribution in [0.1, 0.15) is 30.9 Å². The van der Waals surface area contributed by atoms with Crippen molar-refractivity contribution in [3.05, 3.63) is 17.0 Å². The van der Waals surface area contributed by atoms with Crippen molar-refractivity contribution in [2.24, 2.45) is 11.8 Å². The van der Waals surface area contributed by atoms with Gasteiger partial charge in [0, 0.05) is 30.7 Å². The van der Waals surface area contributed by atoms with Crippen LogP contribution in [0, 0.1) is 25.7 Å². The average molecular weight is 249 g/mol. The number of nitrogens with zero attached hydrogens (tertiary/aromatic N) is 2. The molecule has 2 saturated heterocycles. The number of hydrogen-bond donors (Lipinski definition) is 1. The third-order valence-electron chi connectivity index (χ3n) is 5.05. The number of hydrogen-bond acceptors (Lipinski definition) is 4. The molecule has 2 aliphatic rings. The predicted molar refractivity (Wildman–Crippen MR) is 70.3 cm³/mol. The smallest absolute Gasteiger partial charge is 0.138 e. The molecule has 1 aromatic heterocycles. The van der Waals surface area contributed by atoms with Gasteiger partial charge in [-0.05, 0) is 46.1 Å². The highest BCUT2D eigenvalue weighted by Gasteiger charge is 2.49. The Labute approximate surface area is 109 Å². The second-order valence-electron chi connectivity index (χ2n) is 6.36. The first-order valence-electron chi connectivity index (χ1n) is 6.87. The molecule has 2 unspecified atom stereocenters. The average Bonchev–Trinajstić information content (AvgIpc) is 2.94. The van der Waals surface area contributed by atoms with Crippen LogP contribution in [0.25, 0.3) is 0 Å². The van der Waals surface area contributed by atoms with E-state index in [2.05, 4.69) is 29.2 Å². The standard InChI is InChI=1S/C14H23N3O/c1-9-12(10(2)18-16-9)8-17-7-11-5-15-6-13(11)14(17,3)4/h11,13,15H,5-8H2,1-4H3.